The van der Waals surface area contributed by atoms with Crippen LogP contribution in [0, 0.1) is 0 Å². The topological polar surface area (TPSA) is 36.5 Å². The van der Waals surface area contributed by atoms with Crippen molar-refractivity contribution in [2.75, 3.05) is 13.1 Å². The fraction of sp³-hybridized carbons (Fsp3) is 0.625. The number of nitrogens with zero attached hydrogens (tertiary/aromatic N) is 1. The zero-order valence-electron chi connectivity index (χ0n) is 18.1. The lowest BCUT2D eigenvalue weighted by Gasteiger charge is -2.39. The van der Waals surface area contributed by atoms with E-state index in [4.69, 9.17) is 17.1 Å². The first kappa shape index (κ1) is 20.7. The van der Waals surface area contributed by atoms with Gasteiger partial charge >= 0.3 is 0 Å². The van der Waals surface area contributed by atoms with Crippen molar-refractivity contribution in [3.63, 3.8) is 0 Å². The van der Waals surface area contributed by atoms with E-state index in [1.165, 1.54) is 43.2 Å². The van der Waals surface area contributed by atoms with E-state index in [1.54, 1.807) is 0 Å². The summed E-state index contributed by atoms with van der Waals surface area (Å²) in [6, 6.07) is 9.40. The van der Waals surface area contributed by atoms with Gasteiger partial charge in [-0.15, -0.1) is 0 Å². The molecule has 1 saturated carbocycles. The molecular formula is C24H35N3OS. The van der Waals surface area contributed by atoms with Crippen LogP contribution in [0.25, 0.3) is 5.70 Å². The van der Waals surface area contributed by atoms with Gasteiger partial charge in [-0.2, -0.15) is 0 Å². The number of hydrogen-bond donors (Lipinski definition) is 2. The van der Waals surface area contributed by atoms with E-state index in [0.29, 0.717) is 6.04 Å². The largest absolute Gasteiger partial charge is 0.360 e. The van der Waals surface area contributed by atoms with Gasteiger partial charge in [-0.05, 0) is 47.7 Å². The molecule has 0 radical (unpaired) electrons. The summed E-state index contributed by atoms with van der Waals surface area (Å²) in [6.45, 7) is 8.61. The Hall–Kier alpha value is -1.59. The molecule has 4 nitrogen and oxygen atoms in total. The van der Waals surface area contributed by atoms with Crippen LogP contribution in [0.5, 0.6) is 0 Å². The Morgan fingerprint density at radius 2 is 1.76 bits per heavy atom. The quantitative estimate of drug-likeness (QED) is 0.675. The van der Waals surface area contributed by atoms with E-state index in [1.807, 2.05) is 0 Å². The molecule has 0 aromatic heterocycles. The van der Waals surface area contributed by atoms with E-state index >= 15 is 0 Å². The van der Waals surface area contributed by atoms with Gasteiger partial charge in [0.25, 0.3) is 0 Å². The number of hydroxylamine groups is 1. The summed E-state index contributed by atoms with van der Waals surface area (Å²) < 4.78 is 0. The van der Waals surface area contributed by atoms with E-state index in [2.05, 4.69) is 66.8 Å². The predicted octanol–water partition coefficient (Wildman–Crippen LogP) is 4.90. The predicted molar refractivity (Wildman–Crippen MR) is 123 cm³/mol. The molecule has 1 spiro atoms. The molecule has 0 amide bonds. The monoisotopic (exact) mass is 413 g/mol. The van der Waals surface area contributed by atoms with Crippen molar-refractivity contribution in [2.45, 2.75) is 82.8 Å². The van der Waals surface area contributed by atoms with Gasteiger partial charge in [0.2, 0.25) is 0 Å². The van der Waals surface area contributed by atoms with Gasteiger partial charge in [0.1, 0.15) is 5.60 Å². The Balaban J connectivity index is 1.35. The molecule has 5 heteroatoms. The number of piperidine rings is 1. The molecule has 2 aliphatic heterocycles. The minimum Gasteiger partial charge on any atom is -0.360 e. The Kier molecular flexibility index (Phi) is 5.90. The van der Waals surface area contributed by atoms with Crippen LogP contribution in [0.4, 0.5) is 0 Å². The highest BCUT2D eigenvalue weighted by Crippen LogP contribution is 2.35. The SMILES string of the molecule is CC(C)(C)c1ccc(C2=CC3(CCN(C(=S)NC4CCCCC4)CC3)ON2)cc1. The summed E-state index contributed by atoms with van der Waals surface area (Å²) in [5.74, 6) is 0. The minimum atomic E-state index is -0.213. The van der Waals surface area contributed by atoms with Crippen LogP contribution in [0.3, 0.4) is 0 Å². The lowest BCUT2D eigenvalue weighted by atomic mass is 9.86. The van der Waals surface area contributed by atoms with Crippen LogP contribution in [0.2, 0.25) is 0 Å². The average Bonchev–Trinajstić information content (AvgIpc) is 3.12. The van der Waals surface area contributed by atoms with Crippen molar-refractivity contribution in [3.05, 3.63) is 41.5 Å². The van der Waals surface area contributed by atoms with Crippen molar-refractivity contribution in [1.29, 1.82) is 0 Å². The summed E-state index contributed by atoms with van der Waals surface area (Å²) >= 11 is 5.70. The van der Waals surface area contributed by atoms with E-state index in [-0.39, 0.29) is 11.0 Å². The summed E-state index contributed by atoms with van der Waals surface area (Å²) in [7, 11) is 0. The highest BCUT2D eigenvalue weighted by atomic mass is 32.1. The maximum atomic E-state index is 6.09. The number of nitrogens with one attached hydrogen (secondary N) is 2. The highest BCUT2D eigenvalue weighted by Gasteiger charge is 2.39. The number of likely N-dealkylation sites (tertiary alicyclic amines) is 1. The lowest BCUT2D eigenvalue weighted by Crippen LogP contribution is -2.51. The van der Waals surface area contributed by atoms with E-state index in [9.17, 15) is 0 Å². The molecule has 29 heavy (non-hydrogen) atoms. The Bertz CT molecular complexity index is 751. The standard InChI is InChI=1S/C24H35N3OS/c1-23(2,3)19-11-9-18(10-12-19)21-17-24(28-26-21)13-15-27(16-14-24)22(29)25-20-7-5-4-6-8-20/h9-12,17,20,26H,4-8,13-16H2,1-3H3,(H,25,29). The number of hydrogen-bond acceptors (Lipinski definition) is 3. The fourth-order valence-corrected chi connectivity index (χ4v) is 4.97. The van der Waals surface area contributed by atoms with Crippen LogP contribution in [-0.4, -0.2) is 34.7 Å². The van der Waals surface area contributed by atoms with Gasteiger partial charge in [-0.1, -0.05) is 64.3 Å². The molecule has 0 bridgehead atoms. The van der Waals surface area contributed by atoms with Crippen LogP contribution in [0.15, 0.2) is 30.3 Å². The highest BCUT2D eigenvalue weighted by molar-refractivity contribution is 7.80. The molecule has 1 aromatic carbocycles. The number of thiocarbonyl (C=S) groups is 1. The van der Waals surface area contributed by atoms with Crippen LogP contribution in [-0.2, 0) is 10.3 Å². The molecule has 0 unspecified atom stereocenters. The van der Waals surface area contributed by atoms with Gasteiger partial charge in [-0.25, -0.2) is 0 Å². The second-order valence-electron chi connectivity index (χ2n) is 9.93. The van der Waals surface area contributed by atoms with Crippen molar-refractivity contribution in [2.24, 2.45) is 0 Å². The van der Waals surface area contributed by atoms with Crippen LogP contribution >= 0.6 is 12.2 Å². The summed E-state index contributed by atoms with van der Waals surface area (Å²) in [5, 5.41) is 4.54. The van der Waals surface area contributed by atoms with Crippen LogP contribution < -0.4 is 10.8 Å². The molecule has 158 valence electrons. The molecule has 2 N–H and O–H groups in total. The normalized spacial score (nSPS) is 22.3. The van der Waals surface area contributed by atoms with E-state index in [0.717, 1.165) is 36.7 Å². The van der Waals surface area contributed by atoms with E-state index < -0.39 is 0 Å². The van der Waals surface area contributed by atoms with Crippen molar-refractivity contribution >= 4 is 23.0 Å². The molecule has 1 aromatic rings. The zero-order chi connectivity index (χ0) is 20.5. The fourth-order valence-electron chi connectivity index (χ4n) is 4.62. The summed E-state index contributed by atoms with van der Waals surface area (Å²) in [5.41, 5.74) is 6.78. The van der Waals surface area contributed by atoms with Gasteiger partial charge in [0.15, 0.2) is 5.11 Å². The maximum Gasteiger partial charge on any atom is 0.169 e. The zero-order valence-corrected chi connectivity index (χ0v) is 18.9. The second kappa shape index (κ2) is 8.27. The first-order valence-electron chi connectivity index (χ1n) is 11.2. The van der Waals surface area contributed by atoms with Gasteiger partial charge in [0, 0.05) is 32.0 Å². The Morgan fingerprint density at radius 1 is 1.10 bits per heavy atom. The molecule has 2 heterocycles. The van der Waals surface area contributed by atoms with Crippen molar-refractivity contribution in [3.8, 4) is 0 Å². The third kappa shape index (κ3) is 4.77. The molecule has 0 atom stereocenters. The third-order valence-corrected chi connectivity index (χ3v) is 7.04. The molecule has 4 rings (SSSR count). The first-order chi connectivity index (χ1) is 13.8. The van der Waals surface area contributed by atoms with Gasteiger partial charge in [0.05, 0.1) is 5.70 Å². The molecule has 1 saturated heterocycles. The van der Waals surface area contributed by atoms with Gasteiger partial charge < -0.3 is 10.2 Å². The second-order valence-corrected chi connectivity index (χ2v) is 10.3. The van der Waals surface area contributed by atoms with Crippen molar-refractivity contribution in [1.82, 2.24) is 15.7 Å². The third-order valence-electron chi connectivity index (χ3n) is 6.66. The summed E-state index contributed by atoms with van der Waals surface area (Å²) in [6.07, 6.45) is 10.7. The van der Waals surface area contributed by atoms with Gasteiger partial charge in [-0.3, -0.25) is 10.3 Å². The maximum absolute atomic E-state index is 6.09. The minimum absolute atomic E-state index is 0.171. The first-order valence-corrected chi connectivity index (χ1v) is 11.6. The summed E-state index contributed by atoms with van der Waals surface area (Å²) in [4.78, 5) is 8.41. The molecule has 3 aliphatic rings. The molecule has 2 fully saturated rings. The average molecular weight is 414 g/mol. The van der Waals surface area contributed by atoms with Crippen LogP contribution in [0.1, 0.15) is 76.8 Å². The Labute approximate surface area is 181 Å². The molecule has 1 aliphatic carbocycles. The lowest BCUT2D eigenvalue weighted by molar-refractivity contribution is -0.0618. The van der Waals surface area contributed by atoms with Crippen molar-refractivity contribution < 1.29 is 4.84 Å². The number of benzene rings is 1. The molecular weight excluding hydrogens is 378 g/mol. The smallest absolute Gasteiger partial charge is 0.169 e. The Morgan fingerprint density at radius 3 is 2.38 bits per heavy atom. The number of rotatable bonds is 2.